The van der Waals surface area contributed by atoms with E-state index in [0.717, 1.165) is 25.1 Å². The number of likely N-dealkylation sites (N-methyl/N-ethyl adjacent to an activating group) is 1. The second-order valence-electron chi connectivity index (χ2n) is 5.03. The molecule has 1 saturated heterocycles. The lowest BCUT2D eigenvalue weighted by atomic mass is 10.2. The zero-order chi connectivity index (χ0) is 13.1. The van der Waals surface area contributed by atoms with E-state index in [9.17, 15) is 4.79 Å². The molecule has 2 rings (SSSR count). The number of nitrogens with zero attached hydrogens (tertiary/aromatic N) is 3. The van der Waals surface area contributed by atoms with E-state index in [0.29, 0.717) is 12.6 Å². The average Bonchev–Trinajstić information content (AvgIpc) is 2.96. The van der Waals surface area contributed by atoms with E-state index < -0.39 is 0 Å². The second kappa shape index (κ2) is 5.52. The van der Waals surface area contributed by atoms with Gasteiger partial charge in [0.25, 0.3) is 0 Å². The van der Waals surface area contributed by atoms with Crippen LogP contribution in [0, 0.1) is 0 Å². The summed E-state index contributed by atoms with van der Waals surface area (Å²) in [6, 6.07) is 2.41. The fraction of sp³-hybridized carbons (Fsp3) is 0.692. The first-order valence-electron chi connectivity index (χ1n) is 6.64. The highest BCUT2D eigenvalue weighted by Gasteiger charge is 2.28. The van der Waals surface area contributed by atoms with Crippen LogP contribution in [0.3, 0.4) is 0 Å². The van der Waals surface area contributed by atoms with E-state index >= 15 is 0 Å². The minimum absolute atomic E-state index is 0.0382. The van der Waals surface area contributed by atoms with Crippen LogP contribution in [0.1, 0.15) is 38.4 Å². The number of amides is 1. The largest absolute Gasteiger partial charge is 0.344 e. The van der Waals surface area contributed by atoms with Crippen LogP contribution in [0.5, 0.6) is 0 Å². The van der Waals surface area contributed by atoms with Crippen LogP contribution in [-0.2, 0) is 11.3 Å². The van der Waals surface area contributed by atoms with Crippen LogP contribution in [0.2, 0.25) is 0 Å². The summed E-state index contributed by atoms with van der Waals surface area (Å²) in [4.78, 5) is 13.5. The smallest absolute Gasteiger partial charge is 0.239 e. The normalized spacial score (nSPS) is 21.6. The SMILES string of the molecule is CCC(C)n1ccc(CNC2CCN(C)C2=O)n1. The molecule has 1 amide bonds. The van der Waals surface area contributed by atoms with E-state index in [2.05, 4.69) is 24.3 Å². The zero-order valence-electron chi connectivity index (χ0n) is 11.4. The standard InChI is InChI=1S/C13H22N4O/c1-4-10(2)17-8-5-11(15-17)9-14-12-6-7-16(3)13(12)18/h5,8,10,12,14H,4,6-7,9H2,1-3H3. The number of carbonyl (C=O) groups is 1. The number of carbonyl (C=O) groups excluding carboxylic acids is 1. The Morgan fingerprint density at radius 1 is 1.61 bits per heavy atom. The van der Waals surface area contributed by atoms with Gasteiger partial charge in [-0.25, -0.2) is 0 Å². The molecule has 1 aliphatic heterocycles. The molecule has 0 aliphatic carbocycles. The van der Waals surface area contributed by atoms with Crippen LogP contribution in [-0.4, -0.2) is 40.2 Å². The van der Waals surface area contributed by atoms with Crippen LogP contribution in [0.25, 0.3) is 0 Å². The molecule has 1 aromatic rings. The van der Waals surface area contributed by atoms with Gasteiger partial charge in [-0.05, 0) is 25.8 Å². The summed E-state index contributed by atoms with van der Waals surface area (Å²) in [5, 5.41) is 7.80. The van der Waals surface area contributed by atoms with Crippen molar-refractivity contribution in [2.45, 2.75) is 45.3 Å². The highest BCUT2D eigenvalue weighted by atomic mass is 16.2. The summed E-state index contributed by atoms with van der Waals surface area (Å²) >= 11 is 0. The lowest BCUT2D eigenvalue weighted by molar-refractivity contribution is -0.128. The molecule has 0 spiro atoms. The van der Waals surface area contributed by atoms with Gasteiger partial charge in [-0.1, -0.05) is 6.92 Å². The zero-order valence-corrected chi connectivity index (χ0v) is 11.4. The maximum absolute atomic E-state index is 11.7. The van der Waals surface area contributed by atoms with Crippen LogP contribution >= 0.6 is 0 Å². The van der Waals surface area contributed by atoms with Crippen LogP contribution in [0.15, 0.2) is 12.3 Å². The summed E-state index contributed by atoms with van der Waals surface area (Å²) in [5.74, 6) is 0.191. The van der Waals surface area contributed by atoms with Crippen molar-refractivity contribution < 1.29 is 4.79 Å². The number of likely N-dealkylation sites (tertiary alicyclic amines) is 1. The molecule has 2 heterocycles. The summed E-state index contributed by atoms with van der Waals surface area (Å²) in [5.41, 5.74) is 0.998. The maximum Gasteiger partial charge on any atom is 0.239 e. The molecule has 2 unspecified atom stereocenters. The molecule has 2 atom stereocenters. The van der Waals surface area contributed by atoms with Gasteiger partial charge in [-0.15, -0.1) is 0 Å². The first kappa shape index (κ1) is 13.1. The van der Waals surface area contributed by atoms with Crippen molar-refractivity contribution in [3.05, 3.63) is 18.0 Å². The molecule has 18 heavy (non-hydrogen) atoms. The Balaban J connectivity index is 1.87. The van der Waals surface area contributed by atoms with Gasteiger partial charge in [-0.3, -0.25) is 9.48 Å². The van der Waals surface area contributed by atoms with Gasteiger partial charge in [0.05, 0.1) is 11.7 Å². The van der Waals surface area contributed by atoms with Gasteiger partial charge in [-0.2, -0.15) is 5.10 Å². The Hall–Kier alpha value is -1.36. The highest BCUT2D eigenvalue weighted by molar-refractivity contribution is 5.83. The number of rotatable bonds is 5. The Kier molecular flexibility index (Phi) is 4.01. The number of hydrogen-bond acceptors (Lipinski definition) is 3. The van der Waals surface area contributed by atoms with Gasteiger partial charge in [0.1, 0.15) is 0 Å². The Morgan fingerprint density at radius 2 is 2.39 bits per heavy atom. The summed E-state index contributed by atoms with van der Waals surface area (Å²) in [7, 11) is 1.85. The van der Waals surface area contributed by atoms with Gasteiger partial charge < -0.3 is 10.2 Å². The molecule has 5 nitrogen and oxygen atoms in total. The van der Waals surface area contributed by atoms with Gasteiger partial charge >= 0.3 is 0 Å². The molecule has 1 fully saturated rings. The minimum atomic E-state index is -0.0382. The summed E-state index contributed by atoms with van der Waals surface area (Å²) in [6.07, 6.45) is 3.97. The molecule has 5 heteroatoms. The quantitative estimate of drug-likeness (QED) is 0.853. The van der Waals surface area contributed by atoms with Crippen molar-refractivity contribution in [2.75, 3.05) is 13.6 Å². The average molecular weight is 250 g/mol. The summed E-state index contributed by atoms with van der Waals surface area (Å²) in [6.45, 7) is 5.81. The Labute approximate surface area is 108 Å². The van der Waals surface area contributed by atoms with Crippen LogP contribution in [0.4, 0.5) is 0 Å². The van der Waals surface area contributed by atoms with Gasteiger partial charge in [0, 0.05) is 32.4 Å². The van der Waals surface area contributed by atoms with E-state index in [4.69, 9.17) is 0 Å². The third-order valence-corrected chi connectivity index (χ3v) is 3.66. The van der Waals surface area contributed by atoms with E-state index in [1.54, 1.807) is 4.90 Å². The number of aromatic nitrogens is 2. The molecule has 1 N–H and O–H groups in total. The second-order valence-corrected chi connectivity index (χ2v) is 5.03. The molecule has 0 bridgehead atoms. The number of nitrogens with one attached hydrogen (secondary N) is 1. The highest BCUT2D eigenvalue weighted by Crippen LogP contribution is 2.11. The third kappa shape index (κ3) is 2.72. The predicted octanol–water partition coefficient (Wildman–Crippen LogP) is 1.17. The summed E-state index contributed by atoms with van der Waals surface area (Å²) < 4.78 is 1.99. The molecule has 1 aromatic heterocycles. The lowest BCUT2D eigenvalue weighted by Crippen LogP contribution is -2.36. The lowest BCUT2D eigenvalue weighted by Gasteiger charge is -2.11. The van der Waals surface area contributed by atoms with E-state index in [1.807, 2.05) is 24.0 Å². The molecule has 0 aromatic carbocycles. The molecule has 0 saturated carbocycles. The third-order valence-electron chi connectivity index (χ3n) is 3.66. The van der Waals surface area contributed by atoms with Crippen molar-refractivity contribution in [3.8, 4) is 0 Å². The van der Waals surface area contributed by atoms with Crippen LogP contribution < -0.4 is 5.32 Å². The molecular formula is C13H22N4O. The predicted molar refractivity (Wildman–Crippen MR) is 70.1 cm³/mol. The van der Waals surface area contributed by atoms with Crippen molar-refractivity contribution in [1.29, 1.82) is 0 Å². The van der Waals surface area contributed by atoms with E-state index in [-0.39, 0.29) is 11.9 Å². The Bertz CT molecular complexity index is 415. The fourth-order valence-corrected chi connectivity index (χ4v) is 2.14. The first-order chi connectivity index (χ1) is 8.61. The monoisotopic (exact) mass is 250 g/mol. The number of hydrogen-bond donors (Lipinski definition) is 1. The maximum atomic E-state index is 11.7. The molecule has 100 valence electrons. The Morgan fingerprint density at radius 3 is 3.00 bits per heavy atom. The topological polar surface area (TPSA) is 50.2 Å². The van der Waals surface area contributed by atoms with E-state index in [1.165, 1.54) is 0 Å². The minimum Gasteiger partial charge on any atom is -0.344 e. The first-order valence-corrected chi connectivity index (χ1v) is 6.64. The molecule has 0 radical (unpaired) electrons. The van der Waals surface area contributed by atoms with Crippen molar-refractivity contribution in [2.24, 2.45) is 0 Å². The molecular weight excluding hydrogens is 228 g/mol. The fourth-order valence-electron chi connectivity index (χ4n) is 2.14. The molecule has 1 aliphatic rings. The van der Waals surface area contributed by atoms with Crippen molar-refractivity contribution in [1.82, 2.24) is 20.0 Å². The van der Waals surface area contributed by atoms with Crippen molar-refractivity contribution >= 4 is 5.91 Å². The van der Waals surface area contributed by atoms with Gasteiger partial charge in [0.2, 0.25) is 5.91 Å². The van der Waals surface area contributed by atoms with Crippen molar-refractivity contribution in [3.63, 3.8) is 0 Å². The van der Waals surface area contributed by atoms with Gasteiger partial charge in [0.15, 0.2) is 0 Å².